The van der Waals surface area contributed by atoms with Gasteiger partial charge in [-0.3, -0.25) is 4.90 Å². The molecule has 20 heavy (non-hydrogen) atoms. The van der Waals surface area contributed by atoms with Crippen molar-refractivity contribution in [3.8, 4) is 0 Å². The molecule has 110 valence electrons. The Morgan fingerprint density at radius 2 is 2.10 bits per heavy atom. The molecule has 2 rings (SSSR count). The minimum atomic E-state index is 0.483. The van der Waals surface area contributed by atoms with Crippen molar-refractivity contribution >= 4 is 0 Å². The van der Waals surface area contributed by atoms with Gasteiger partial charge in [0.1, 0.15) is 11.5 Å². The van der Waals surface area contributed by atoms with Crippen LogP contribution in [-0.4, -0.2) is 18.0 Å². The minimum Gasteiger partial charge on any atom is -0.472 e. The first kappa shape index (κ1) is 14.9. The van der Waals surface area contributed by atoms with Gasteiger partial charge in [0.05, 0.1) is 19.1 Å². The quantitative estimate of drug-likeness (QED) is 0.842. The zero-order chi connectivity index (χ0) is 14.5. The minimum absolute atomic E-state index is 0.483. The highest BCUT2D eigenvalue weighted by Crippen LogP contribution is 2.17. The molecular weight excluding hydrogens is 252 g/mol. The van der Waals surface area contributed by atoms with Crippen molar-refractivity contribution in [1.29, 1.82) is 0 Å². The second-order valence-corrected chi connectivity index (χ2v) is 5.63. The largest absolute Gasteiger partial charge is 0.472 e. The van der Waals surface area contributed by atoms with E-state index in [4.69, 9.17) is 8.83 Å². The fourth-order valence-electron chi connectivity index (χ4n) is 2.17. The van der Waals surface area contributed by atoms with Crippen LogP contribution in [0.3, 0.4) is 0 Å². The van der Waals surface area contributed by atoms with Gasteiger partial charge >= 0.3 is 0 Å². The summed E-state index contributed by atoms with van der Waals surface area (Å²) in [7, 11) is 2.08. The van der Waals surface area contributed by atoms with E-state index in [1.54, 1.807) is 12.5 Å². The van der Waals surface area contributed by atoms with Gasteiger partial charge in [-0.1, -0.05) is 13.8 Å². The van der Waals surface area contributed by atoms with Crippen molar-refractivity contribution in [2.45, 2.75) is 46.4 Å². The molecule has 0 atom stereocenters. The van der Waals surface area contributed by atoms with Crippen LogP contribution in [0.4, 0.5) is 0 Å². The summed E-state index contributed by atoms with van der Waals surface area (Å²) < 4.78 is 10.9. The summed E-state index contributed by atoms with van der Waals surface area (Å²) in [5, 5.41) is 3.42. The molecule has 0 radical (unpaired) electrons. The Labute approximate surface area is 120 Å². The topological polar surface area (TPSA) is 41.6 Å². The van der Waals surface area contributed by atoms with E-state index in [0.29, 0.717) is 6.04 Å². The molecule has 2 aromatic rings. The third-order valence-corrected chi connectivity index (χ3v) is 3.23. The number of nitrogens with one attached hydrogen (secondary N) is 1. The molecule has 0 amide bonds. The monoisotopic (exact) mass is 276 g/mol. The fraction of sp³-hybridized carbons (Fsp3) is 0.500. The van der Waals surface area contributed by atoms with Crippen molar-refractivity contribution in [3.05, 3.63) is 47.3 Å². The first-order chi connectivity index (χ1) is 9.54. The van der Waals surface area contributed by atoms with Crippen molar-refractivity contribution < 1.29 is 8.83 Å². The molecule has 0 saturated carbocycles. The van der Waals surface area contributed by atoms with Crippen molar-refractivity contribution in [2.24, 2.45) is 0 Å². The Bertz CT molecular complexity index is 515. The van der Waals surface area contributed by atoms with E-state index in [-0.39, 0.29) is 0 Å². The van der Waals surface area contributed by atoms with E-state index in [0.717, 1.165) is 31.2 Å². The van der Waals surface area contributed by atoms with Gasteiger partial charge in [0.25, 0.3) is 0 Å². The highest BCUT2D eigenvalue weighted by atomic mass is 16.3. The molecular formula is C16H24N2O2. The van der Waals surface area contributed by atoms with Gasteiger partial charge in [-0.25, -0.2) is 0 Å². The predicted molar refractivity (Wildman–Crippen MR) is 79.3 cm³/mol. The van der Waals surface area contributed by atoms with Crippen molar-refractivity contribution in [2.75, 3.05) is 7.05 Å². The van der Waals surface area contributed by atoms with Gasteiger partial charge in [0, 0.05) is 30.3 Å². The average Bonchev–Trinajstić information content (AvgIpc) is 2.97. The lowest BCUT2D eigenvalue weighted by Gasteiger charge is -2.13. The molecule has 0 bridgehead atoms. The summed E-state index contributed by atoms with van der Waals surface area (Å²) in [6, 6.07) is 4.62. The summed E-state index contributed by atoms with van der Waals surface area (Å²) in [5.74, 6) is 2.01. The molecule has 0 aromatic carbocycles. The van der Waals surface area contributed by atoms with Crippen LogP contribution in [0.2, 0.25) is 0 Å². The zero-order valence-electron chi connectivity index (χ0n) is 12.8. The molecule has 2 aromatic heterocycles. The Morgan fingerprint density at radius 1 is 1.30 bits per heavy atom. The third-order valence-electron chi connectivity index (χ3n) is 3.23. The Hall–Kier alpha value is -1.52. The number of aryl methyl sites for hydroxylation is 1. The Balaban J connectivity index is 1.90. The average molecular weight is 276 g/mol. The third kappa shape index (κ3) is 4.25. The lowest BCUT2D eigenvalue weighted by Crippen LogP contribution is -2.21. The second-order valence-electron chi connectivity index (χ2n) is 5.63. The molecule has 0 saturated heterocycles. The van der Waals surface area contributed by atoms with Gasteiger partial charge in [0.2, 0.25) is 0 Å². The van der Waals surface area contributed by atoms with E-state index in [1.807, 2.05) is 13.0 Å². The first-order valence-electron chi connectivity index (χ1n) is 7.05. The summed E-state index contributed by atoms with van der Waals surface area (Å²) in [4.78, 5) is 2.21. The smallest absolute Gasteiger partial charge is 0.118 e. The van der Waals surface area contributed by atoms with E-state index in [9.17, 15) is 0 Å². The van der Waals surface area contributed by atoms with Gasteiger partial charge in [-0.2, -0.15) is 0 Å². The van der Waals surface area contributed by atoms with Crippen molar-refractivity contribution in [3.63, 3.8) is 0 Å². The van der Waals surface area contributed by atoms with Crippen LogP contribution in [0.25, 0.3) is 0 Å². The number of nitrogens with zero attached hydrogens (tertiary/aromatic N) is 1. The predicted octanol–water partition coefficient (Wildman–Crippen LogP) is 3.31. The maximum atomic E-state index is 5.83. The van der Waals surface area contributed by atoms with Gasteiger partial charge in [-0.05, 0) is 26.1 Å². The maximum Gasteiger partial charge on any atom is 0.118 e. The molecule has 0 spiro atoms. The van der Waals surface area contributed by atoms with Gasteiger partial charge < -0.3 is 14.2 Å². The highest BCUT2D eigenvalue weighted by Gasteiger charge is 2.10. The molecule has 0 fully saturated rings. The lowest BCUT2D eigenvalue weighted by molar-refractivity contribution is 0.284. The van der Waals surface area contributed by atoms with E-state index >= 15 is 0 Å². The van der Waals surface area contributed by atoms with Gasteiger partial charge in [-0.15, -0.1) is 0 Å². The Morgan fingerprint density at radius 3 is 2.75 bits per heavy atom. The number of hydrogen-bond donors (Lipinski definition) is 1. The van der Waals surface area contributed by atoms with E-state index in [2.05, 4.69) is 37.2 Å². The first-order valence-corrected chi connectivity index (χ1v) is 7.05. The summed E-state index contributed by atoms with van der Waals surface area (Å²) in [6.45, 7) is 8.84. The van der Waals surface area contributed by atoms with E-state index in [1.165, 1.54) is 11.1 Å². The molecule has 0 unspecified atom stereocenters. The summed E-state index contributed by atoms with van der Waals surface area (Å²) >= 11 is 0. The Kier molecular flexibility index (Phi) is 5.04. The molecule has 0 aliphatic carbocycles. The molecule has 4 nitrogen and oxygen atoms in total. The number of rotatable bonds is 7. The van der Waals surface area contributed by atoms with Crippen molar-refractivity contribution in [1.82, 2.24) is 10.2 Å². The van der Waals surface area contributed by atoms with Crippen LogP contribution >= 0.6 is 0 Å². The normalized spacial score (nSPS) is 11.7. The lowest BCUT2D eigenvalue weighted by atomic mass is 10.2. The zero-order valence-corrected chi connectivity index (χ0v) is 12.8. The molecule has 0 aliphatic heterocycles. The van der Waals surface area contributed by atoms with Crippen LogP contribution < -0.4 is 5.32 Å². The molecule has 2 heterocycles. The van der Waals surface area contributed by atoms with Crippen LogP contribution in [-0.2, 0) is 19.6 Å². The van der Waals surface area contributed by atoms with Crippen LogP contribution in [0.15, 0.2) is 33.5 Å². The maximum absolute atomic E-state index is 5.83. The summed E-state index contributed by atoms with van der Waals surface area (Å²) in [5.41, 5.74) is 2.42. The SMILES string of the molecule is Cc1oc(CN(C)Cc2ccoc2)cc1CNC(C)C. The molecule has 4 heteroatoms. The highest BCUT2D eigenvalue weighted by molar-refractivity contribution is 5.20. The van der Waals surface area contributed by atoms with Crippen LogP contribution in [0.1, 0.15) is 36.5 Å². The second kappa shape index (κ2) is 6.77. The van der Waals surface area contributed by atoms with Crippen LogP contribution in [0.5, 0.6) is 0 Å². The number of hydrogen-bond acceptors (Lipinski definition) is 4. The number of furan rings is 2. The van der Waals surface area contributed by atoms with Crippen LogP contribution in [0, 0.1) is 6.92 Å². The molecule has 1 N–H and O–H groups in total. The molecule has 0 aliphatic rings. The van der Waals surface area contributed by atoms with Gasteiger partial charge in [0.15, 0.2) is 0 Å². The summed E-state index contributed by atoms with van der Waals surface area (Å²) in [6.07, 6.45) is 3.48. The standard InChI is InChI=1S/C16H24N2O2/c1-12(2)17-8-15-7-16(20-13(15)3)10-18(4)9-14-5-6-19-11-14/h5-7,11-12,17H,8-10H2,1-4H3. The fourth-order valence-corrected chi connectivity index (χ4v) is 2.17. The van der Waals surface area contributed by atoms with E-state index < -0.39 is 0 Å².